The van der Waals surface area contributed by atoms with Crippen molar-refractivity contribution in [1.29, 1.82) is 0 Å². The Kier molecular flexibility index (Phi) is 2.38. The van der Waals surface area contributed by atoms with Crippen LogP contribution in [0, 0.1) is 0 Å². The summed E-state index contributed by atoms with van der Waals surface area (Å²) in [5.41, 5.74) is 3.61. The summed E-state index contributed by atoms with van der Waals surface area (Å²) in [7, 11) is 0. The second-order valence-corrected chi connectivity index (χ2v) is 4.11. The van der Waals surface area contributed by atoms with E-state index < -0.39 is 0 Å². The highest BCUT2D eigenvalue weighted by Gasteiger charge is 2.22. The zero-order valence-electron chi connectivity index (χ0n) is 9.64. The van der Waals surface area contributed by atoms with Crippen LogP contribution in [-0.2, 0) is 0 Å². The van der Waals surface area contributed by atoms with Crippen molar-refractivity contribution < 1.29 is 5.01 Å². The number of benzene rings is 1. The summed E-state index contributed by atoms with van der Waals surface area (Å²) in [6, 6.07) is 12.5. The van der Waals surface area contributed by atoms with Gasteiger partial charge in [-0.05, 0) is 11.6 Å². The van der Waals surface area contributed by atoms with E-state index in [1.54, 1.807) is 0 Å². The zero-order valence-corrected chi connectivity index (χ0v) is 9.64. The van der Waals surface area contributed by atoms with Crippen LogP contribution in [0.2, 0.25) is 0 Å². The van der Waals surface area contributed by atoms with Crippen LogP contribution in [0.4, 0.5) is 5.82 Å². The molecule has 1 aromatic carbocycles. The molecule has 3 rings (SSSR count). The molecule has 1 atom stereocenters. The lowest BCUT2D eigenvalue weighted by atomic mass is 10.1. The van der Waals surface area contributed by atoms with Gasteiger partial charge in [0.2, 0.25) is 5.82 Å². The van der Waals surface area contributed by atoms with E-state index in [0.717, 1.165) is 10.8 Å². The summed E-state index contributed by atoms with van der Waals surface area (Å²) in [5.74, 6) is 1.10. The van der Waals surface area contributed by atoms with Gasteiger partial charge in [0.15, 0.2) is 0 Å². The quantitative estimate of drug-likeness (QED) is 0.783. The molecular formula is C14H14N3+. The van der Waals surface area contributed by atoms with Gasteiger partial charge in [-0.2, -0.15) is 0 Å². The molecule has 0 fully saturated rings. The normalized spacial score (nSPS) is 18.4. The van der Waals surface area contributed by atoms with Gasteiger partial charge < -0.3 is 4.98 Å². The zero-order chi connectivity index (χ0) is 11.7. The Morgan fingerprint density at radius 2 is 1.94 bits per heavy atom. The minimum absolute atomic E-state index is 1.04. The van der Waals surface area contributed by atoms with Crippen molar-refractivity contribution in [3.8, 4) is 11.1 Å². The van der Waals surface area contributed by atoms with Crippen LogP contribution in [0.5, 0.6) is 0 Å². The van der Waals surface area contributed by atoms with Crippen LogP contribution in [0.1, 0.15) is 6.92 Å². The number of H-pyrrole nitrogens is 1. The average molecular weight is 224 g/mol. The van der Waals surface area contributed by atoms with E-state index in [-0.39, 0.29) is 0 Å². The molecule has 1 aromatic heterocycles. The molecule has 3 nitrogen and oxygen atoms in total. The van der Waals surface area contributed by atoms with Gasteiger partial charge in [-0.1, -0.05) is 35.4 Å². The predicted molar refractivity (Wildman–Crippen MR) is 69.1 cm³/mol. The van der Waals surface area contributed by atoms with Crippen LogP contribution in [0.3, 0.4) is 0 Å². The molecule has 0 saturated heterocycles. The first kappa shape index (κ1) is 10.1. The third-order valence-electron chi connectivity index (χ3n) is 2.97. The van der Waals surface area contributed by atoms with Crippen LogP contribution in [-0.4, -0.2) is 11.2 Å². The Morgan fingerprint density at radius 1 is 1.12 bits per heavy atom. The molecule has 17 heavy (non-hydrogen) atoms. The minimum atomic E-state index is 1.04. The van der Waals surface area contributed by atoms with Gasteiger partial charge >= 0.3 is 0 Å². The smallest absolute Gasteiger partial charge is 0.243 e. The number of hydrogen-bond donors (Lipinski definition) is 2. The van der Waals surface area contributed by atoms with E-state index in [1.165, 1.54) is 16.8 Å². The maximum Gasteiger partial charge on any atom is 0.243 e. The first-order valence-electron chi connectivity index (χ1n) is 5.68. The number of aromatic nitrogens is 1. The van der Waals surface area contributed by atoms with Gasteiger partial charge in [0.1, 0.15) is 5.70 Å². The Balaban J connectivity index is 2.06. The molecule has 0 saturated carbocycles. The molecule has 2 aromatic rings. The monoisotopic (exact) mass is 224 g/mol. The summed E-state index contributed by atoms with van der Waals surface area (Å²) < 4.78 is 0. The highest BCUT2D eigenvalue weighted by molar-refractivity contribution is 5.75. The minimum Gasteiger partial charge on any atom is -0.315 e. The van der Waals surface area contributed by atoms with Crippen molar-refractivity contribution >= 4 is 12.0 Å². The van der Waals surface area contributed by atoms with E-state index in [0.29, 0.717) is 0 Å². The third kappa shape index (κ3) is 1.70. The van der Waals surface area contributed by atoms with Crippen LogP contribution < -0.4 is 5.01 Å². The topological polar surface area (TPSA) is 32.6 Å². The van der Waals surface area contributed by atoms with Crippen LogP contribution in [0.25, 0.3) is 11.1 Å². The lowest BCUT2D eigenvalue weighted by molar-refractivity contribution is -0.796. The van der Waals surface area contributed by atoms with Gasteiger partial charge in [-0.25, -0.2) is 0 Å². The molecule has 0 amide bonds. The van der Waals surface area contributed by atoms with Gasteiger partial charge in [0.05, 0.1) is 11.8 Å². The van der Waals surface area contributed by atoms with E-state index in [9.17, 15) is 0 Å². The summed E-state index contributed by atoms with van der Waals surface area (Å²) in [6.45, 7) is 2.08. The molecule has 0 bridgehead atoms. The van der Waals surface area contributed by atoms with Crippen molar-refractivity contribution in [3.63, 3.8) is 0 Å². The number of aromatic amines is 1. The maximum absolute atomic E-state index is 4.41. The van der Waals surface area contributed by atoms with Crippen molar-refractivity contribution in [2.24, 2.45) is 5.10 Å². The van der Waals surface area contributed by atoms with Crippen LogP contribution >= 0.6 is 0 Å². The van der Waals surface area contributed by atoms with Gasteiger partial charge in [0, 0.05) is 19.2 Å². The molecule has 0 aliphatic carbocycles. The fraction of sp³-hybridized carbons (Fsp3) is 0.0714. The Bertz CT molecular complexity index is 579. The first-order valence-corrected chi connectivity index (χ1v) is 5.68. The number of rotatable bonds is 2. The van der Waals surface area contributed by atoms with Crippen molar-refractivity contribution in [2.45, 2.75) is 6.92 Å². The third-order valence-corrected chi connectivity index (χ3v) is 2.97. The number of nitrogens with one attached hydrogen (secondary N) is 2. The van der Waals surface area contributed by atoms with E-state index in [1.807, 2.05) is 24.6 Å². The Labute approximate surface area is 100 Å². The van der Waals surface area contributed by atoms with Gasteiger partial charge in [0.25, 0.3) is 0 Å². The van der Waals surface area contributed by atoms with Gasteiger partial charge in [-0.15, -0.1) is 5.01 Å². The highest BCUT2D eigenvalue weighted by atomic mass is 15.5. The largest absolute Gasteiger partial charge is 0.315 e. The number of quaternary nitrogens is 1. The molecule has 1 aliphatic heterocycles. The van der Waals surface area contributed by atoms with Crippen LogP contribution in [0.15, 0.2) is 59.5 Å². The summed E-state index contributed by atoms with van der Waals surface area (Å²) in [5, 5.41) is 5.45. The SMILES string of the molecule is CC1=CC=N[NH+]1c1[nH]ccc1-c1ccccc1. The van der Waals surface area contributed by atoms with E-state index in [4.69, 9.17) is 0 Å². The van der Waals surface area contributed by atoms with Crippen molar-refractivity contribution in [3.05, 3.63) is 54.4 Å². The highest BCUT2D eigenvalue weighted by Crippen LogP contribution is 2.24. The Hall–Kier alpha value is -2.13. The van der Waals surface area contributed by atoms with Crippen molar-refractivity contribution in [2.75, 3.05) is 0 Å². The van der Waals surface area contributed by atoms with E-state index in [2.05, 4.69) is 47.3 Å². The Morgan fingerprint density at radius 3 is 2.65 bits per heavy atom. The van der Waals surface area contributed by atoms with Crippen molar-refractivity contribution in [1.82, 2.24) is 4.98 Å². The summed E-state index contributed by atoms with van der Waals surface area (Å²) in [6.07, 6.45) is 5.84. The first-order chi connectivity index (χ1) is 8.36. The fourth-order valence-electron chi connectivity index (χ4n) is 2.09. The molecule has 2 N–H and O–H groups in total. The summed E-state index contributed by atoms with van der Waals surface area (Å²) >= 11 is 0. The molecular weight excluding hydrogens is 210 g/mol. The summed E-state index contributed by atoms with van der Waals surface area (Å²) in [4.78, 5) is 3.28. The molecule has 0 radical (unpaired) electrons. The standard InChI is InChI=1S/C14H13N3/c1-11-7-10-16-17(11)14-13(8-9-15-14)12-5-3-2-4-6-12/h2-10,15H,1H3/p+1. The molecule has 0 spiro atoms. The maximum atomic E-state index is 4.41. The predicted octanol–water partition coefficient (Wildman–Crippen LogP) is 2.10. The fourth-order valence-corrected chi connectivity index (χ4v) is 2.09. The number of allylic oxidation sites excluding steroid dienone is 2. The molecule has 1 aliphatic rings. The number of nitrogens with zero attached hydrogens (tertiary/aromatic N) is 1. The van der Waals surface area contributed by atoms with Gasteiger partial charge in [-0.3, -0.25) is 0 Å². The lowest BCUT2D eigenvalue weighted by Gasteiger charge is -2.09. The molecule has 3 heteroatoms. The second-order valence-electron chi connectivity index (χ2n) is 4.11. The second kappa shape index (κ2) is 4.03. The molecule has 84 valence electrons. The lowest BCUT2D eigenvalue weighted by Crippen LogP contribution is -2.99. The number of hydrogen-bond acceptors (Lipinski definition) is 1. The van der Waals surface area contributed by atoms with E-state index >= 15 is 0 Å². The molecule has 1 unspecified atom stereocenters. The molecule has 2 heterocycles. The average Bonchev–Trinajstić information content (AvgIpc) is 2.98.